The summed E-state index contributed by atoms with van der Waals surface area (Å²) in [7, 11) is 0. The van der Waals surface area contributed by atoms with Gasteiger partial charge in [-0.2, -0.15) is 0 Å². The van der Waals surface area contributed by atoms with Crippen molar-refractivity contribution in [3.63, 3.8) is 0 Å². The second-order valence-corrected chi connectivity index (χ2v) is 4.61. The molecule has 0 bridgehead atoms. The van der Waals surface area contributed by atoms with E-state index in [0.717, 1.165) is 36.5 Å². The number of hydrogen-bond acceptors (Lipinski definition) is 4. The molecule has 0 atom stereocenters. The Bertz CT molecular complexity index is 390. The van der Waals surface area contributed by atoms with Crippen molar-refractivity contribution in [1.29, 1.82) is 0 Å². The number of nitrogens with one attached hydrogen (secondary N) is 1. The van der Waals surface area contributed by atoms with E-state index in [9.17, 15) is 8.78 Å². The van der Waals surface area contributed by atoms with Crippen LogP contribution in [0.1, 0.15) is 29.7 Å². The topological polar surface area (TPSA) is 47.0 Å². The fourth-order valence-electron chi connectivity index (χ4n) is 2.01. The van der Waals surface area contributed by atoms with Gasteiger partial charge in [0.2, 0.25) is 0 Å². The van der Waals surface area contributed by atoms with E-state index >= 15 is 0 Å². The van der Waals surface area contributed by atoms with Gasteiger partial charge in [0.1, 0.15) is 12.4 Å². The van der Waals surface area contributed by atoms with Gasteiger partial charge < -0.3 is 10.1 Å². The highest BCUT2D eigenvalue weighted by molar-refractivity contribution is 5.24. The van der Waals surface area contributed by atoms with Gasteiger partial charge in [0.15, 0.2) is 0 Å². The monoisotopic (exact) mass is 287 g/mol. The summed E-state index contributed by atoms with van der Waals surface area (Å²) >= 11 is 0. The Kier molecular flexibility index (Phi) is 7.54. The average molecular weight is 287 g/mol. The first-order valence-electron chi connectivity index (χ1n) is 6.94. The maximum absolute atomic E-state index is 11.9. The van der Waals surface area contributed by atoms with E-state index in [1.54, 1.807) is 0 Å². The summed E-state index contributed by atoms with van der Waals surface area (Å²) in [6, 6.07) is 0. The minimum Gasteiger partial charge on any atom is -0.375 e. The first-order valence-corrected chi connectivity index (χ1v) is 6.94. The minimum absolute atomic E-state index is 0.222. The van der Waals surface area contributed by atoms with Crippen LogP contribution < -0.4 is 5.32 Å². The van der Waals surface area contributed by atoms with Crippen molar-refractivity contribution < 1.29 is 13.5 Å². The zero-order chi connectivity index (χ0) is 15.0. The summed E-state index contributed by atoms with van der Waals surface area (Å²) in [5.74, 6) is 0.654. The maximum atomic E-state index is 11.9. The molecule has 20 heavy (non-hydrogen) atoms. The van der Waals surface area contributed by atoms with Gasteiger partial charge in [-0.25, -0.2) is 18.7 Å². The highest BCUT2D eigenvalue weighted by atomic mass is 19.3. The molecule has 0 spiro atoms. The second-order valence-electron chi connectivity index (χ2n) is 4.61. The molecular weight excluding hydrogens is 264 g/mol. The molecule has 114 valence electrons. The van der Waals surface area contributed by atoms with Crippen LogP contribution in [0, 0.1) is 13.8 Å². The lowest BCUT2D eigenvalue weighted by molar-refractivity contribution is 0.0182. The fourth-order valence-corrected chi connectivity index (χ4v) is 2.01. The molecule has 0 aliphatic carbocycles. The van der Waals surface area contributed by atoms with Crippen molar-refractivity contribution in [2.45, 2.75) is 40.0 Å². The zero-order valence-electron chi connectivity index (χ0n) is 12.4. The van der Waals surface area contributed by atoms with Gasteiger partial charge in [0, 0.05) is 17.8 Å². The van der Waals surface area contributed by atoms with Crippen LogP contribution in [0.4, 0.5) is 8.78 Å². The third kappa shape index (κ3) is 5.88. The third-order valence-corrected chi connectivity index (χ3v) is 2.98. The number of nitrogens with zero attached hydrogens (tertiary/aromatic N) is 2. The first-order chi connectivity index (χ1) is 9.54. The number of likely N-dealkylation sites (N-methyl/N-ethyl adjacent to an activating group) is 1. The number of alkyl halides is 2. The summed E-state index contributed by atoms with van der Waals surface area (Å²) in [4.78, 5) is 8.85. The van der Waals surface area contributed by atoms with E-state index in [2.05, 4.69) is 22.2 Å². The van der Waals surface area contributed by atoms with Crippen molar-refractivity contribution in [1.82, 2.24) is 15.3 Å². The predicted octanol–water partition coefficient (Wildman–Crippen LogP) is 2.07. The van der Waals surface area contributed by atoms with Gasteiger partial charge in [-0.05, 0) is 38.9 Å². The van der Waals surface area contributed by atoms with Gasteiger partial charge in [-0.15, -0.1) is 0 Å². The quantitative estimate of drug-likeness (QED) is 0.706. The molecule has 6 heteroatoms. The first kappa shape index (κ1) is 16.9. The van der Waals surface area contributed by atoms with Crippen LogP contribution in [0.5, 0.6) is 0 Å². The Balaban J connectivity index is 2.54. The van der Waals surface area contributed by atoms with Crippen molar-refractivity contribution in [3.05, 3.63) is 22.8 Å². The molecule has 0 aliphatic heterocycles. The molecule has 0 unspecified atom stereocenters. The van der Waals surface area contributed by atoms with Crippen molar-refractivity contribution >= 4 is 0 Å². The number of hydrogen-bond donors (Lipinski definition) is 1. The van der Waals surface area contributed by atoms with Crippen LogP contribution in [0.2, 0.25) is 0 Å². The van der Waals surface area contributed by atoms with Gasteiger partial charge in [-0.3, -0.25) is 0 Å². The SMILES string of the molecule is CCNCCc1c(C)nc(CCOCC(F)F)nc1C. The van der Waals surface area contributed by atoms with E-state index in [4.69, 9.17) is 4.74 Å². The van der Waals surface area contributed by atoms with Gasteiger partial charge in [0.25, 0.3) is 6.43 Å². The molecule has 0 saturated carbocycles. The van der Waals surface area contributed by atoms with Crippen LogP contribution >= 0.6 is 0 Å². The Morgan fingerprint density at radius 1 is 1.15 bits per heavy atom. The normalized spacial score (nSPS) is 11.3. The molecule has 0 amide bonds. The Morgan fingerprint density at radius 3 is 2.35 bits per heavy atom. The van der Waals surface area contributed by atoms with Crippen LogP contribution in [-0.2, 0) is 17.6 Å². The molecule has 1 N–H and O–H groups in total. The van der Waals surface area contributed by atoms with E-state index in [1.807, 2.05) is 13.8 Å². The minimum atomic E-state index is -2.42. The summed E-state index contributed by atoms with van der Waals surface area (Å²) in [6.07, 6.45) is -1.07. The Hall–Kier alpha value is -1.14. The summed E-state index contributed by atoms with van der Waals surface area (Å²) < 4.78 is 28.7. The molecule has 4 nitrogen and oxygen atoms in total. The second kappa shape index (κ2) is 8.92. The number of halogens is 2. The lowest BCUT2D eigenvalue weighted by Crippen LogP contribution is -2.18. The van der Waals surface area contributed by atoms with Crippen LogP contribution in [0.3, 0.4) is 0 Å². The lowest BCUT2D eigenvalue weighted by Gasteiger charge is -2.11. The summed E-state index contributed by atoms with van der Waals surface area (Å²) in [5, 5.41) is 3.27. The van der Waals surface area contributed by atoms with Crippen LogP contribution in [0.25, 0.3) is 0 Å². The molecule has 0 aromatic carbocycles. The van der Waals surface area contributed by atoms with E-state index in [1.165, 1.54) is 0 Å². The molecule has 0 saturated heterocycles. The van der Waals surface area contributed by atoms with Crippen molar-refractivity contribution in [3.8, 4) is 0 Å². The molecule has 0 fully saturated rings. The molecule has 1 aromatic rings. The number of aromatic nitrogens is 2. The zero-order valence-corrected chi connectivity index (χ0v) is 12.4. The highest BCUT2D eigenvalue weighted by Crippen LogP contribution is 2.11. The Labute approximate surface area is 119 Å². The Morgan fingerprint density at radius 2 is 1.80 bits per heavy atom. The van der Waals surface area contributed by atoms with Crippen molar-refractivity contribution in [2.75, 3.05) is 26.3 Å². The number of rotatable bonds is 9. The maximum Gasteiger partial charge on any atom is 0.261 e. The number of ether oxygens (including phenoxy) is 1. The predicted molar refractivity (Wildman–Crippen MR) is 74.3 cm³/mol. The lowest BCUT2D eigenvalue weighted by atomic mass is 10.1. The van der Waals surface area contributed by atoms with Crippen molar-refractivity contribution in [2.24, 2.45) is 0 Å². The smallest absolute Gasteiger partial charge is 0.261 e. The summed E-state index contributed by atoms with van der Waals surface area (Å²) in [6.45, 7) is 7.52. The molecule has 1 heterocycles. The van der Waals surface area contributed by atoms with Gasteiger partial charge in [0.05, 0.1) is 6.61 Å². The van der Waals surface area contributed by atoms with Crippen LogP contribution in [-0.4, -0.2) is 42.7 Å². The molecule has 0 radical (unpaired) electrons. The van der Waals surface area contributed by atoms with E-state index in [-0.39, 0.29) is 6.61 Å². The van der Waals surface area contributed by atoms with E-state index in [0.29, 0.717) is 12.2 Å². The summed E-state index contributed by atoms with van der Waals surface area (Å²) in [5.41, 5.74) is 3.07. The van der Waals surface area contributed by atoms with Crippen LogP contribution in [0.15, 0.2) is 0 Å². The standard InChI is InChI=1S/C14H23F2N3O/c1-4-17-7-5-12-10(2)18-14(19-11(12)3)6-8-20-9-13(15)16/h13,17H,4-9H2,1-3H3. The molecular formula is C14H23F2N3O. The van der Waals surface area contributed by atoms with Gasteiger partial charge in [-0.1, -0.05) is 6.92 Å². The largest absolute Gasteiger partial charge is 0.375 e. The fraction of sp³-hybridized carbons (Fsp3) is 0.714. The highest BCUT2D eigenvalue weighted by Gasteiger charge is 2.09. The average Bonchev–Trinajstić information content (AvgIpc) is 2.38. The molecule has 1 rings (SSSR count). The van der Waals surface area contributed by atoms with E-state index < -0.39 is 13.0 Å². The third-order valence-electron chi connectivity index (χ3n) is 2.98. The van der Waals surface area contributed by atoms with Gasteiger partial charge >= 0.3 is 0 Å². The molecule has 0 aliphatic rings. The number of aryl methyl sites for hydroxylation is 2. The molecule has 1 aromatic heterocycles.